The summed E-state index contributed by atoms with van der Waals surface area (Å²) in [5.41, 5.74) is 5.49. The van der Waals surface area contributed by atoms with Crippen LogP contribution in [-0.2, 0) is 20.9 Å². The SMILES string of the molecule is CCOC(=O)C1=C(C)NC(=S)N[C@@H]1c1ccccc1OCC(=O)NN=Cc1cc(OC)c(OCc2ccccc2Cl)cc1Br. The molecule has 0 radical (unpaired) electrons. The summed E-state index contributed by atoms with van der Waals surface area (Å²) >= 11 is 15.1. The first-order valence-corrected chi connectivity index (χ1v) is 15.0. The Balaban J connectivity index is 1.40. The number of esters is 1. The van der Waals surface area contributed by atoms with Crippen LogP contribution in [0.2, 0.25) is 5.02 Å². The molecule has 1 atom stereocenters. The summed E-state index contributed by atoms with van der Waals surface area (Å²) in [5.74, 6) is 0.397. The molecule has 230 valence electrons. The number of hydrogen-bond acceptors (Lipinski definition) is 8. The summed E-state index contributed by atoms with van der Waals surface area (Å²) in [6.45, 7) is 3.63. The summed E-state index contributed by atoms with van der Waals surface area (Å²) in [6.07, 6.45) is 1.47. The number of ether oxygens (including phenoxy) is 4. The van der Waals surface area contributed by atoms with Gasteiger partial charge in [0.2, 0.25) is 0 Å². The summed E-state index contributed by atoms with van der Waals surface area (Å²) in [5, 5.41) is 11.1. The van der Waals surface area contributed by atoms with Gasteiger partial charge in [-0.1, -0.05) is 48.0 Å². The van der Waals surface area contributed by atoms with Crippen molar-refractivity contribution in [2.45, 2.75) is 26.5 Å². The molecule has 1 amide bonds. The molecule has 0 saturated heterocycles. The zero-order valence-electron chi connectivity index (χ0n) is 24.1. The van der Waals surface area contributed by atoms with Crippen molar-refractivity contribution < 1.29 is 28.5 Å². The normalized spacial score (nSPS) is 14.5. The minimum absolute atomic E-state index is 0.219. The Kier molecular flexibility index (Phi) is 11.6. The van der Waals surface area contributed by atoms with Crippen molar-refractivity contribution in [2.24, 2.45) is 5.10 Å². The Morgan fingerprint density at radius 3 is 2.59 bits per heavy atom. The lowest BCUT2D eigenvalue weighted by molar-refractivity contribution is -0.139. The van der Waals surface area contributed by atoms with Gasteiger partial charge < -0.3 is 29.6 Å². The number of carbonyl (C=O) groups excluding carboxylic acids is 2. The number of benzene rings is 3. The smallest absolute Gasteiger partial charge is 0.338 e. The van der Waals surface area contributed by atoms with Gasteiger partial charge in [0.05, 0.1) is 31.5 Å². The number of methoxy groups -OCH3 is 1. The molecule has 0 unspecified atom stereocenters. The third-order valence-electron chi connectivity index (χ3n) is 6.37. The molecule has 0 aliphatic carbocycles. The van der Waals surface area contributed by atoms with E-state index in [0.717, 1.165) is 5.56 Å². The fourth-order valence-corrected chi connectivity index (χ4v) is 5.19. The van der Waals surface area contributed by atoms with Gasteiger partial charge in [0, 0.05) is 31.9 Å². The second-order valence-corrected chi connectivity index (χ2v) is 11.0. The van der Waals surface area contributed by atoms with Crippen LogP contribution in [0.4, 0.5) is 0 Å². The molecule has 44 heavy (non-hydrogen) atoms. The highest BCUT2D eigenvalue weighted by atomic mass is 79.9. The van der Waals surface area contributed by atoms with Crippen LogP contribution in [0.25, 0.3) is 0 Å². The number of hydrazone groups is 1. The Hall–Kier alpha value is -4.13. The molecule has 0 saturated carbocycles. The van der Waals surface area contributed by atoms with Crippen LogP contribution in [0.3, 0.4) is 0 Å². The summed E-state index contributed by atoms with van der Waals surface area (Å²) < 4.78 is 23.2. The molecular formula is C31H30BrClN4O6S. The molecule has 3 aromatic rings. The lowest BCUT2D eigenvalue weighted by Gasteiger charge is -2.30. The van der Waals surface area contributed by atoms with E-state index in [1.807, 2.05) is 18.2 Å². The van der Waals surface area contributed by atoms with Crippen molar-refractivity contribution in [3.8, 4) is 17.2 Å². The maximum Gasteiger partial charge on any atom is 0.338 e. The summed E-state index contributed by atoms with van der Waals surface area (Å²) in [7, 11) is 1.53. The van der Waals surface area contributed by atoms with E-state index in [9.17, 15) is 9.59 Å². The van der Waals surface area contributed by atoms with Crippen LogP contribution >= 0.6 is 39.7 Å². The van der Waals surface area contributed by atoms with Gasteiger partial charge in [0.25, 0.3) is 5.91 Å². The largest absolute Gasteiger partial charge is 0.493 e. The maximum atomic E-state index is 12.8. The van der Waals surface area contributed by atoms with Gasteiger partial charge in [-0.25, -0.2) is 10.2 Å². The topological polar surface area (TPSA) is 120 Å². The van der Waals surface area contributed by atoms with E-state index in [-0.39, 0.29) is 19.8 Å². The Morgan fingerprint density at radius 1 is 1.09 bits per heavy atom. The van der Waals surface area contributed by atoms with Crippen molar-refractivity contribution in [3.63, 3.8) is 0 Å². The fourth-order valence-electron chi connectivity index (χ4n) is 4.30. The third kappa shape index (κ3) is 8.28. The third-order valence-corrected chi connectivity index (χ3v) is 7.65. The van der Waals surface area contributed by atoms with E-state index in [4.69, 9.17) is 42.8 Å². The van der Waals surface area contributed by atoms with Gasteiger partial charge in [-0.05, 0) is 66.3 Å². The second kappa shape index (κ2) is 15.6. The Bertz CT molecular complexity index is 1620. The lowest BCUT2D eigenvalue weighted by Crippen LogP contribution is -2.45. The number of thiocarbonyl (C=S) groups is 1. The van der Waals surface area contributed by atoms with Crippen molar-refractivity contribution in [2.75, 3.05) is 20.3 Å². The molecule has 1 aliphatic rings. The zero-order chi connectivity index (χ0) is 31.6. The first-order chi connectivity index (χ1) is 21.2. The van der Waals surface area contributed by atoms with E-state index < -0.39 is 17.9 Å². The molecule has 4 rings (SSSR count). The zero-order valence-corrected chi connectivity index (χ0v) is 27.3. The first kappa shape index (κ1) is 32.8. The van der Waals surface area contributed by atoms with Crippen molar-refractivity contribution in [1.82, 2.24) is 16.1 Å². The van der Waals surface area contributed by atoms with E-state index in [2.05, 4.69) is 37.1 Å². The lowest BCUT2D eigenvalue weighted by atomic mass is 9.95. The molecule has 1 heterocycles. The van der Waals surface area contributed by atoms with Crippen LogP contribution in [-0.4, -0.2) is 43.5 Å². The molecule has 10 nitrogen and oxygen atoms in total. The standard InChI is InChI=1S/C31H30BrClN4O6S/c1-4-41-30(39)28-18(2)35-31(44)36-29(28)21-10-6-8-12-24(21)43-17-27(38)37-34-15-20-13-25(40-3)26(14-22(20)32)42-16-19-9-5-7-11-23(19)33/h5-15,29H,4,16-17H2,1-3H3,(H,37,38)(H2,35,36,44)/t29-/m1/s1. The van der Waals surface area contributed by atoms with Gasteiger partial charge in [-0.2, -0.15) is 5.10 Å². The van der Waals surface area contributed by atoms with Gasteiger partial charge in [0.15, 0.2) is 23.2 Å². The molecule has 1 aliphatic heterocycles. The minimum atomic E-state index is -0.635. The number of allylic oxidation sites excluding steroid dienone is 1. The molecule has 0 spiro atoms. The predicted octanol–water partition coefficient (Wildman–Crippen LogP) is 5.58. The van der Waals surface area contributed by atoms with Gasteiger partial charge in [-0.15, -0.1) is 0 Å². The Labute approximate surface area is 273 Å². The quantitative estimate of drug-likeness (QED) is 0.0964. The molecule has 0 fully saturated rings. The van der Waals surface area contributed by atoms with Crippen LogP contribution in [0.15, 0.2) is 81.5 Å². The number of para-hydroxylation sites is 1. The predicted molar refractivity (Wildman–Crippen MR) is 175 cm³/mol. The van der Waals surface area contributed by atoms with E-state index in [1.165, 1.54) is 13.3 Å². The van der Waals surface area contributed by atoms with Gasteiger partial charge >= 0.3 is 5.97 Å². The average molecular weight is 702 g/mol. The number of carbonyl (C=O) groups is 2. The Morgan fingerprint density at radius 2 is 1.84 bits per heavy atom. The average Bonchev–Trinajstić information content (AvgIpc) is 3.00. The molecular weight excluding hydrogens is 672 g/mol. The maximum absolute atomic E-state index is 12.8. The van der Waals surface area contributed by atoms with Crippen molar-refractivity contribution in [1.29, 1.82) is 0 Å². The number of hydrogen-bond donors (Lipinski definition) is 3. The highest BCUT2D eigenvalue weighted by Gasteiger charge is 2.32. The number of nitrogens with zero attached hydrogens (tertiary/aromatic N) is 1. The molecule has 0 aromatic heterocycles. The van der Waals surface area contributed by atoms with Crippen LogP contribution in [0.5, 0.6) is 17.2 Å². The van der Waals surface area contributed by atoms with Gasteiger partial charge in [-0.3, -0.25) is 4.79 Å². The second-order valence-electron chi connectivity index (χ2n) is 9.31. The highest BCUT2D eigenvalue weighted by molar-refractivity contribution is 9.10. The van der Waals surface area contributed by atoms with E-state index in [1.54, 1.807) is 56.3 Å². The van der Waals surface area contributed by atoms with E-state index in [0.29, 0.717) is 54.3 Å². The number of rotatable bonds is 12. The van der Waals surface area contributed by atoms with Crippen molar-refractivity contribution in [3.05, 3.63) is 98.1 Å². The van der Waals surface area contributed by atoms with Crippen molar-refractivity contribution >= 4 is 63.0 Å². The number of halogens is 2. The van der Waals surface area contributed by atoms with Crippen LogP contribution in [0.1, 0.15) is 36.6 Å². The van der Waals surface area contributed by atoms with Crippen LogP contribution in [0, 0.1) is 0 Å². The molecule has 13 heteroatoms. The van der Waals surface area contributed by atoms with Gasteiger partial charge in [0.1, 0.15) is 12.4 Å². The molecule has 0 bridgehead atoms. The van der Waals surface area contributed by atoms with Crippen LogP contribution < -0.4 is 30.3 Å². The first-order valence-electron chi connectivity index (χ1n) is 13.4. The highest BCUT2D eigenvalue weighted by Crippen LogP contribution is 2.35. The number of amides is 1. The minimum Gasteiger partial charge on any atom is -0.493 e. The number of nitrogens with one attached hydrogen (secondary N) is 3. The fraction of sp³-hybridized carbons (Fsp3) is 0.226. The molecule has 3 N–H and O–H groups in total. The summed E-state index contributed by atoms with van der Waals surface area (Å²) in [6, 6.07) is 17.3. The summed E-state index contributed by atoms with van der Waals surface area (Å²) in [4.78, 5) is 25.4. The van der Waals surface area contributed by atoms with E-state index >= 15 is 0 Å². The monoisotopic (exact) mass is 700 g/mol. The molecule has 3 aromatic carbocycles.